The lowest BCUT2D eigenvalue weighted by Crippen LogP contribution is -2.40. The molecule has 1 fully saturated rings. The van der Waals surface area contributed by atoms with Crippen molar-refractivity contribution in [3.05, 3.63) is 78.0 Å². The summed E-state index contributed by atoms with van der Waals surface area (Å²) < 4.78 is 10.6. The van der Waals surface area contributed by atoms with Crippen LogP contribution in [0.5, 0.6) is 5.75 Å². The molecule has 0 atom stereocenters. The Kier molecular flexibility index (Phi) is 6.54. The number of ether oxygens (including phenoxy) is 2. The van der Waals surface area contributed by atoms with Gasteiger partial charge < -0.3 is 14.4 Å². The number of morpholine rings is 1. The Labute approximate surface area is 181 Å². The normalized spacial score (nSPS) is 13.9. The average molecular weight is 416 g/mol. The second kappa shape index (κ2) is 9.86. The lowest BCUT2D eigenvalue weighted by Gasteiger charge is -2.27. The van der Waals surface area contributed by atoms with Crippen molar-refractivity contribution in [3.63, 3.8) is 0 Å². The van der Waals surface area contributed by atoms with Gasteiger partial charge in [-0.3, -0.25) is 10.2 Å². The van der Waals surface area contributed by atoms with Gasteiger partial charge in [0.05, 0.1) is 26.5 Å². The third-order valence-electron chi connectivity index (χ3n) is 5.03. The maximum absolute atomic E-state index is 12.7. The number of carbonyl (C=O) groups is 1. The van der Waals surface area contributed by atoms with Crippen LogP contribution in [-0.4, -0.2) is 55.4 Å². The van der Waals surface area contributed by atoms with Crippen molar-refractivity contribution in [2.45, 2.75) is 0 Å². The summed E-state index contributed by atoms with van der Waals surface area (Å²) in [5, 5.41) is 4.23. The van der Waals surface area contributed by atoms with E-state index >= 15 is 0 Å². The van der Waals surface area contributed by atoms with E-state index in [1.54, 1.807) is 19.5 Å². The Morgan fingerprint density at radius 1 is 1.10 bits per heavy atom. The first-order valence-electron chi connectivity index (χ1n) is 10.1. The number of hydrogen-bond acceptors (Lipinski definition) is 6. The first-order valence-corrected chi connectivity index (χ1v) is 10.1. The molecular formula is C24H24N4O3. The number of hydrazone groups is 1. The Morgan fingerprint density at radius 3 is 2.71 bits per heavy atom. The molecule has 2 heterocycles. The molecule has 7 nitrogen and oxygen atoms in total. The lowest BCUT2D eigenvalue weighted by molar-refractivity contribution is 0.0303. The van der Waals surface area contributed by atoms with Crippen LogP contribution in [0, 0.1) is 0 Å². The number of anilines is 1. The SMILES string of the molecule is COc1ccccc1/C=N/Nc1ccc(-c2cccc(C(=O)N3CCOCC3)c2)cn1. The highest BCUT2D eigenvalue weighted by Gasteiger charge is 2.18. The number of hydrogen-bond donors (Lipinski definition) is 1. The molecule has 1 N–H and O–H groups in total. The number of nitrogens with one attached hydrogen (secondary N) is 1. The molecule has 0 aliphatic carbocycles. The Balaban J connectivity index is 1.43. The molecule has 4 rings (SSSR count). The number of benzene rings is 2. The maximum Gasteiger partial charge on any atom is 0.254 e. The summed E-state index contributed by atoms with van der Waals surface area (Å²) >= 11 is 0. The molecule has 158 valence electrons. The summed E-state index contributed by atoms with van der Waals surface area (Å²) in [5.74, 6) is 1.40. The van der Waals surface area contributed by atoms with E-state index in [0.717, 1.165) is 22.4 Å². The van der Waals surface area contributed by atoms with Gasteiger partial charge in [-0.25, -0.2) is 4.98 Å². The number of rotatable bonds is 6. The van der Waals surface area contributed by atoms with Crippen LogP contribution in [0.25, 0.3) is 11.1 Å². The molecule has 3 aromatic rings. The fourth-order valence-corrected chi connectivity index (χ4v) is 3.35. The van der Waals surface area contributed by atoms with Gasteiger partial charge in [0, 0.05) is 36.0 Å². The van der Waals surface area contributed by atoms with E-state index in [2.05, 4.69) is 15.5 Å². The standard InChI is InChI=1S/C24H24N4O3/c1-30-22-8-3-2-5-21(22)17-26-27-23-10-9-20(16-25-23)18-6-4-7-19(15-18)24(29)28-11-13-31-14-12-28/h2-10,15-17H,11-14H2,1H3,(H,25,27)/b26-17+. The highest BCUT2D eigenvalue weighted by Crippen LogP contribution is 2.22. The van der Waals surface area contributed by atoms with E-state index in [0.29, 0.717) is 37.7 Å². The lowest BCUT2D eigenvalue weighted by atomic mass is 10.0. The molecule has 7 heteroatoms. The van der Waals surface area contributed by atoms with Gasteiger partial charge in [0.1, 0.15) is 11.6 Å². The molecule has 1 aliphatic heterocycles. The minimum Gasteiger partial charge on any atom is -0.496 e. The van der Waals surface area contributed by atoms with Crippen molar-refractivity contribution < 1.29 is 14.3 Å². The van der Waals surface area contributed by atoms with Gasteiger partial charge in [-0.05, 0) is 42.0 Å². The van der Waals surface area contributed by atoms with Gasteiger partial charge in [0.2, 0.25) is 0 Å². The van der Waals surface area contributed by atoms with E-state index in [4.69, 9.17) is 9.47 Å². The van der Waals surface area contributed by atoms with E-state index in [9.17, 15) is 4.79 Å². The van der Waals surface area contributed by atoms with Crippen LogP contribution in [0.2, 0.25) is 0 Å². The summed E-state index contributed by atoms with van der Waals surface area (Å²) in [5.41, 5.74) is 6.33. The molecule has 0 spiro atoms. The first-order chi connectivity index (χ1) is 15.2. The zero-order valence-electron chi connectivity index (χ0n) is 17.3. The number of methoxy groups -OCH3 is 1. The summed E-state index contributed by atoms with van der Waals surface area (Å²) in [6, 6.07) is 19.1. The van der Waals surface area contributed by atoms with Gasteiger partial charge in [0.25, 0.3) is 5.91 Å². The molecule has 1 amide bonds. The van der Waals surface area contributed by atoms with Crippen LogP contribution < -0.4 is 10.2 Å². The minimum atomic E-state index is 0.0297. The molecule has 2 aromatic carbocycles. The summed E-state index contributed by atoms with van der Waals surface area (Å²) in [6.07, 6.45) is 3.45. The molecule has 0 unspecified atom stereocenters. The highest BCUT2D eigenvalue weighted by atomic mass is 16.5. The monoisotopic (exact) mass is 416 g/mol. The van der Waals surface area contributed by atoms with Crippen LogP contribution in [-0.2, 0) is 4.74 Å². The topological polar surface area (TPSA) is 76.0 Å². The highest BCUT2D eigenvalue weighted by molar-refractivity contribution is 5.95. The Morgan fingerprint density at radius 2 is 1.94 bits per heavy atom. The second-order valence-corrected chi connectivity index (χ2v) is 7.03. The molecule has 1 aromatic heterocycles. The molecule has 0 radical (unpaired) electrons. The van der Waals surface area contributed by atoms with Crippen molar-refractivity contribution in [1.29, 1.82) is 0 Å². The zero-order valence-corrected chi connectivity index (χ0v) is 17.3. The third kappa shape index (κ3) is 5.07. The van der Waals surface area contributed by atoms with E-state index < -0.39 is 0 Å². The van der Waals surface area contributed by atoms with Gasteiger partial charge in [0.15, 0.2) is 0 Å². The Bertz CT molecular complexity index is 1060. The smallest absolute Gasteiger partial charge is 0.254 e. The van der Waals surface area contributed by atoms with Crippen molar-refractivity contribution in [1.82, 2.24) is 9.88 Å². The maximum atomic E-state index is 12.7. The number of amides is 1. The van der Waals surface area contributed by atoms with E-state index in [1.807, 2.05) is 65.6 Å². The van der Waals surface area contributed by atoms with Crippen molar-refractivity contribution >= 4 is 17.9 Å². The van der Waals surface area contributed by atoms with Gasteiger partial charge >= 0.3 is 0 Å². The van der Waals surface area contributed by atoms with Crippen LogP contribution in [0.15, 0.2) is 72.0 Å². The number of aromatic nitrogens is 1. The minimum absolute atomic E-state index is 0.0297. The Hall–Kier alpha value is -3.71. The fraction of sp³-hybridized carbons (Fsp3) is 0.208. The molecule has 31 heavy (non-hydrogen) atoms. The van der Waals surface area contributed by atoms with Crippen molar-refractivity contribution in [2.24, 2.45) is 5.10 Å². The number of carbonyl (C=O) groups excluding carboxylic acids is 1. The quantitative estimate of drug-likeness (QED) is 0.490. The zero-order chi connectivity index (χ0) is 21.5. The number of pyridine rings is 1. The van der Waals surface area contributed by atoms with Gasteiger partial charge in [-0.15, -0.1) is 0 Å². The van der Waals surface area contributed by atoms with Crippen molar-refractivity contribution in [2.75, 3.05) is 38.8 Å². The third-order valence-corrected chi connectivity index (χ3v) is 5.03. The van der Waals surface area contributed by atoms with Gasteiger partial charge in [-0.2, -0.15) is 5.10 Å². The molecule has 0 bridgehead atoms. The van der Waals surface area contributed by atoms with Gasteiger partial charge in [-0.1, -0.05) is 24.3 Å². The summed E-state index contributed by atoms with van der Waals surface area (Å²) in [6.45, 7) is 2.42. The summed E-state index contributed by atoms with van der Waals surface area (Å²) in [7, 11) is 1.63. The van der Waals surface area contributed by atoms with Crippen molar-refractivity contribution in [3.8, 4) is 16.9 Å². The summed E-state index contributed by atoms with van der Waals surface area (Å²) in [4.78, 5) is 19.0. The molecule has 1 aliphatic rings. The van der Waals surface area contributed by atoms with Crippen LogP contribution in [0.1, 0.15) is 15.9 Å². The molecule has 1 saturated heterocycles. The second-order valence-electron chi connectivity index (χ2n) is 7.03. The largest absolute Gasteiger partial charge is 0.496 e. The van der Waals surface area contributed by atoms with E-state index in [1.165, 1.54) is 0 Å². The fourth-order valence-electron chi connectivity index (χ4n) is 3.35. The average Bonchev–Trinajstić information content (AvgIpc) is 2.85. The predicted molar refractivity (Wildman–Crippen MR) is 121 cm³/mol. The predicted octanol–water partition coefficient (Wildman–Crippen LogP) is 3.68. The molecular weight excluding hydrogens is 392 g/mol. The number of para-hydroxylation sites is 1. The first kappa shape index (κ1) is 20.6. The molecule has 0 saturated carbocycles. The number of nitrogens with zero attached hydrogens (tertiary/aromatic N) is 3. The van der Waals surface area contributed by atoms with Crippen LogP contribution >= 0.6 is 0 Å². The van der Waals surface area contributed by atoms with Crippen LogP contribution in [0.4, 0.5) is 5.82 Å². The van der Waals surface area contributed by atoms with Crippen LogP contribution in [0.3, 0.4) is 0 Å². The van der Waals surface area contributed by atoms with E-state index in [-0.39, 0.29) is 5.91 Å².